The fourth-order valence-electron chi connectivity index (χ4n) is 2.93. The van der Waals surface area contributed by atoms with Gasteiger partial charge in [0.25, 0.3) is 11.8 Å². The lowest BCUT2D eigenvalue weighted by Gasteiger charge is -2.21. The number of benzene rings is 2. The van der Waals surface area contributed by atoms with Crippen LogP contribution in [0.1, 0.15) is 70.3 Å². The third-order valence-corrected chi connectivity index (χ3v) is 5.08. The predicted molar refractivity (Wildman–Crippen MR) is 122 cm³/mol. The monoisotopic (exact) mass is 410 g/mol. The smallest absolute Gasteiger partial charge is 0.265 e. The highest BCUT2D eigenvalue weighted by molar-refractivity contribution is 6.04. The molecule has 5 nitrogen and oxygen atoms in total. The minimum Gasteiger partial charge on any atom is -0.481 e. The molecule has 5 heteroatoms. The van der Waals surface area contributed by atoms with Gasteiger partial charge in [0.2, 0.25) is 0 Å². The molecule has 0 aliphatic heterocycles. The molecule has 2 aromatic carbocycles. The lowest BCUT2D eigenvalue weighted by Crippen LogP contribution is -2.35. The van der Waals surface area contributed by atoms with Gasteiger partial charge >= 0.3 is 0 Å². The van der Waals surface area contributed by atoms with E-state index in [1.54, 1.807) is 24.3 Å². The molecule has 0 spiro atoms. The van der Waals surface area contributed by atoms with Crippen molar-refractivity contribution in [1.29, 1.82) is 0 Å². The van der Waals surface area contributed by atoms with E-state index in [0.717, 1.165) is 6.42 Å². The number of amides is 2. The molecule has 0 aliphatic carbocycles. The molecule has 0 aliphatic rings. The first kappa shape index (κ1) is 23.5. The van der Waals surface area contributed by atoms with E-state index >= 15 is 0 Å². The number of nitrogens with one attached hydrogen (secondary N) is 2. The minimum absolute atomic E-state index is 0.0552. The predicted octanol–water partition coefficient (Wildman–Crippen LogP) is 5.31. The van der Waals surface area contributed by atoms with Crippen molar-refractivity contribution in [3.05, 3.63) is 59.7 Å². The molecule has 2 amide bonds. The van der Waals surface area contributed by atoms with E-state index in [1.165, 1.54) is 5.56 Å². The van der Waals surface area contributed by atoms with E-state index in [0.29, 0.717) is 23.4 Å². The maximum atomic E-state index is 12.9. The van der Waals surface area contributed by atoms with Crippen molar-refractivity contribution in [1.82, 2.24) is 5.32 Å². The van der Waals surface area contributed by atoms with Gasteiger partial charge in [0.15, 0.2) is 6.10 Å². The van der Waals surface area contributed by atoms with Crippen molar-refractivity contribution >= 4 is 17.5 Å². The topological polar surface area (TPSA) is 67.4 Å². The van der Waals surface area contributed by atoms with Crippen molar-refractivity contribution < 1.29 is 14.3 Å². The first-order chi connectivity index (χ1) is 14.2. The van der Waals surface area contributed by atoms with Crippen LogP contribution in [0, 0.1) is 0 Å². The number of para-hydroxylation sites is 1. The molecule has 0 saturated heterocycles. The first-order valence-corrected chi connectivity index (χ1v) is 10.6. The molecule has 0 fully saturated rings. The highest BCUT2D eigenvalue weighted by atomic mass is 16.5. The Bertz CT molecular complexity index is 853. The van der Waals surface area contributed by atoms with Gasteiger partial charge in [-0.25, -0.2) is 0 Å². The molecular formula is C25H34N2O3. The molecule has 2 atom stereocenters. The third kappa shape index (κ3) is 6.34. The van der Waals surface area contributed by atoms with Crippen LogP contribution in [0.15, 0.2) is 48.5 Å². The molecule has 0 radical (unpaired) electrons. The van der Waals surface area contributed by atoms with Gasteiger partial charge in [-0.1, -0.05) is 58.9 Å². The van der Waals surface area contributed by atoms with Gasteiger partial charge in [0.1, 0.15) is 5.75 Å². The maximum absolute atomic E-state index is 12.9. The summed E-state index contributed by atoms with van der Waals surface area (Å²) < 4.78 is 5.94. The molecule has 0 heterocycles. The van der Waals surface area contributed by atoms with Gasteiger partial charge in [-0.2, -0.15) is 0 Å². The Morgan fingerprint density at radius 3 is 2.17 bits per heavy atom. The number of rotatable bonds is 8. The quantitative estimate of drug-likeness (QED) is 0.620. The lowest BCUT2D eigenvalue weighted by molar-refractivity contribution is -0.122. The summed E-state index contributed by atoms with van der Waals surface area (Å²) in [6.07, 6.45) is 0.685. The Hall–Kier alpha value is -2.82. The molecule has 30 heavy (non-hydrogen) atoms. The highest BCUT2D eigenvalue weighted by Gasteiger charge is 2.22. The van der Waals surface area contributed by atoms with Gasteiger partial charge in [-0.05, 0) is 55.0 Å². The second-order valence-corrected chi connectivity index (χ2v) is 8.61. The Morgan fingerprint density at radius 2 is 1.60 bits per heavy atom. The molecule has 2 N–H and O–H groups in total. The molecule has 0 saturated carbocycles. The van der Waals surface area contributed by atoms with Crippen LogP contribution < -0.4 is 15.4 Å². The second-order valence-electron chi connectivity index (χ2n) is 8.61. The largest absolute Gasteiger partial charge is 0.481 e. The van der Waals surface area contributed by atoms with Crippen molar-refractivity contribution in [3.8, 4) is 5.75 Å². The molecule has 0 unspecified atom stereocenters. The van der Waals surface area contributed by atoms with Gasteiger partial charge in [-0.3, -0.25) is 9.59 Å². The molecule has 2 rings (SSSR count). The van der Waals surface area contributed by atoms with E-state index in [9.17, 15) is 9.59 Å². The number of anilines is 1. The summed E-state index contributed by atoms with van der Waals surface area (Å²) in [5.41, 5.74) is 2.18. The number of hydrogen-bond acceptors (Lipinski definition) is 3. The highest BCUT2D eigenvalue weighted by Crippen LogP contribution is 2.25. The van der Waals surface area contributed by atoms with Gasteiger partial charge in [0.05, 0.1) is 11.3 Å². The summed E-state index contributed by atoms with van der Waals surface area (Å²) in [5.74, 6) is 0.168. The SMILES string of the molecule is CC[C@H](C)NC(=O)c1ccccc1NC(=O)[C@@H](CC)Oc1ccc(C(C)(C)C)cc1. The van der Waals surface area contributed by atoms with Crippen LogP contribution in [0.5, 0.6) is 5.75 Å². The van der Waals surface area contributed by atoms with Crippen molar-refractivity contribution in [2.24, 2.45) is 0 Å². The van der Waals surface area contributed by atoms with Crippen LogP contribution in [0.3, 0.4) is 0 Å². The van der Waals surface area contributed by atoms with Crippen LogP contribution in [0.25, 0.3) is 0 Å². The normalized spacial score (nSPS) is 13.3. The number of carbonyl (C=O) groups excluding carboxylic acids is 2. The van der Waals surface area contributed by atoms with Gasteiger partial charge in [0, 0.05) is 6.04 Å². The first-order valence-electron chi connectivity index (χ1n) is 10.6. The molecule has 0 bridgehead atoms. The zero-order valence-electron chi connectivity index (χ0n) is 18.9. The van der Waals surface area contributed by atoms with Gasteiger partial charge in [-0.15, -0.1) is 0 Å². The summed E-state index contributed by atoms with van der Waals surface area (Å²) >= 11 is 0. The van der Waals surface area contributed by atoms with Crippen LogP contribution in [-0.2, 0) is 10.2 Å². The van der Waals surface area contributed by atoms with Crippen molar-refractivity contribution in [2.45, 2.75) is 71.9 Å². The molecule has 2 aromatic rings. The summed E-state index contributed by atoms with van der Waals surface area (Å²) in [6, 6.07) is 14.9. The lowest BCUT2D eigenvalue weighted by atomic mass is 9.87. The number of ether oxygens (including phenoxy) is 1. The molecule has 0 aromatic heterocycles. The minimum atomic E-state index is -0.656. The fraction of sp³-hybridized carbons (Fsp3) is 0.440. The Kier molecular flexibility index (Phi) is 8.04. The summed E-state index contributed by atoms with van der Waals surface area (Å²) in [6.45, 7) is 12.3. The van der Waals surface area contributed by atoms with Crippen molar-refractivity contribution in [2.75, 3.05) is 5.32 Å². The summed E-state index contributed by atoms with van der Waals surface area (Å²) in [4.78, 5) is 25.4. The third-order valence-electron chi connectivity index (χ3n) is 5.08. The maximum Gasteiger partial charge on any atom is 0.265 e. The van der Waals surface area contributed by atoms with E-state index in [1.807, 2.05) is 45.0 Å². The fourth-order valence-corrected chi connectivity index (χ4v) is 2.93. The average Bonchev–Trinajstić information content (AvgIpc) is 2.71. The van der Waals surface area contributed by atoms with Crippen molar-refractivity contribution in [3.63, 3.8) is 0 Å². The van der Waals surface area contributed by atoms with E-state index in [4.69, 9.17) is 4.74 Å². The van der Waals surface area contributed by atoms with E-state index < -0.39 is 6.10 Å². The van der Waals surface area contributed by atoms with Crippen LogP contribution in [0.2, 0.25) is 0 Å². The van der Waals surface area contributed by atoms with E-state index in [2.05, 4.69) is 31.4 Å². The number of carbonyl (C=O) groups is 2. The molecule has 162 valence electrons. The second kappa shape index (κ2) is 10.3. The Balaban J connectivity index is 2.11. The van der Waals surface area contributed by atoms with Crippen LogP contribution in [0.4, 0.5) is 5.69 Å². The average molecular weight is 411 g/mol. The summed E-state index contributed by atoms with van der Waals surface area (Å²) in [7, 11) is 0. The standard InChI is InChI=1S/C25H34N2O3/c1-7-17(3)26-23(28)20-11-9-10-12-21(20)27-24(29)22(8-2)30-19-15-13-18(14-16-19)25(4,5)6/h9-17,22H,7-8H2,1-6H3,(H,26,28)(H,27,29)/t17-,22+/m0/s1. The van der Waals surface area contributed by atoms with Gasteiger partial charge < -0.3 is 15.4 Å². The molecular weight excluding hydrogens is 376 g/mol. The zero-order chi connectivity index (χ0) is 22.3. The zero-order valence-corrected chi connectivity index (χ0v) is 18.9. The van der Waals surface area contributed by atoms with Crippen LogP contribution in [-0.4, -0.2) is 24.0 Å². The Labute approximate surface area is 180 Å². The van der Waals surface area contributed by atoms with E-state index in [-0.39, 0.29) is 23.3 Å². The summed E-state index contributed by atoms with van der Waals surface area (Å²) in [5, 5.41) is 5.80. The van der Waals surface area contributed by atoms with Crippen LogP contribution >= 0.6 is 0 Å². The number of hydrogen-bond donors (Lipinski definition) is 2. The Morgan fingerprint density at radius 1 is 0.967 bits per heavy atom.